The van der Waals surface area contributed by atoms with Crippen LogP contribution < -0.4 is 11.1 Å². The number of carbonyl (C=O) groups is 1. The average Bonchev–Trinajstić information content (AvgIpc) is 3.32. The summed E-state index contributed by atoms with van der Waals surface area (Å²) >= 11 is 0. The monoisotopic (exact) mass is 287 g/mol. The van der Waals surface area contributed by atoms with Crippen LogP contribution >= 0.6 is 0 Å². The number of benzene rings is 1. The summed E-state index contributed by atoms with van der Waals surface area (Å²) in [6, 6.07) is 8.68. The summed E-state index contributed by atoms with van der Waals surface area (Å²) in [4.78, 5) is 14.6. The molecule has 0 aromatic heterocycles. The van der Waals surface area contributed by atoms with Crippen LogP contribution in [0, 0.1) is 0 Å². The first-order valence-corrected chi connectivity index (χ1v) is 8.14. The quantitative estimate of drug-likeness (QED) is 0.835. The van der Waals surface area contributed by atoms with Gasteiger partial charge in [-0.2, -0.15) is 0 Å². The maximum Gasteiger partial charge on any atom is 0.318 e. The normalized spacial score (nSPS) is 19.2. The highest BCUT2D eigenvalue weighted by atomic mass is 16.2. The molecule has 3 rings (SSSR count). The van der Waals surface area contributed by atoms with Crippen molar-refractivity contribution in [2.24, 2.45) is 0 Å². The predicted molar refractivity (Wildman–Crippen MR) is 84.8 cm³/mol. The van der Waals surface area contributed by atoms with Gasteiger partial charge in [0.25, 0.3) is 0 Å². The fourth-order valence-electron chi connectivity index (χ4n) is 3.12. The van der Waals surface area contributed by atoms with E-state index in [-0.39, 0.29) is 6.03 Å². The van der Waals surface area contributed by atoms with Gasteiger partial charge in [0.2, 0.25) is 0 Å². The summed E-state index contributed by atoms with van der Waals surface area (Å²) in [6.07, 6.45) is 8.25. The van der Waals surface area contributed by atoms with Crippen molar-refractivity contribution in [3.63, 3.8) is 0 Å². The first-order valence-electron chi connectivity index (χ1n) is 8.14. The fraction of sp³-hybridized carbons (Fsp3) is 0.588. The molecule has 2 fully saturated rings. The molecule has 0 saturated heterocycles. The number of hydrogen-bond acceptors (Lipinski definition) is 2. The zero-order valence-electron chi connectivity index (χ0n) is 12.6. The van der Waals surface area contributed by atoms with Gasteiger partial charge in [0.15, 0.2) is 0 Å². The molecule has 21 heavy (non-hydrogen) atoms. The van der Waals surface area contributed by atoms with Crippen LogP contribution in [0.5, 0.6) is 0 Å². The van der Waals surface area contributed by atoms with Gasteiger partial charge in [-0.25, -0.2) is 4.79 Å². The minimum absolute atomic E-state index is 0.0904. The maximum atomic E-state index is 12.6. The van der Waals surface area contributed by atoms with Crippen molar-refractivity contribution >= 4 is 11.7 Å². The number of nitrogen functional groups attached to an aromatic ring is 1. The molecule has 4 heteroatoms. The van der Waals surface area contributed by atoms with Gasteiger partial charge in [-0.3, -0.25) is 0 Å². The number of nitrogens with two attached hydrogens (primary N) is 1. The van der Waals surface area contributed by atoms with Crippen molar-refractivity contribution in [3.05, 3.63) is 29.8 Å². The molecule has 0 unspecified atom stereocenters. The van der Waals surface area contributed by atoms with E-state index in [9.17, 15) is 4.79 Å². The summed E-state index contributed by atoms with van der Waals surface area (Å²) in [7, 11) is 0. The van der Waals surface area contributed by atoms with Crippen LogP contribution in [0.2, 0.25) is 0 Å². The molecule has 0 spiro atoms. The molecule has 2 saturated carbocycles. The van der Waals surface area contributed by atoms with Crippen molar-refractivity contribution in [3.8, 4) is 0 Å². The summed E-state index contributed by atoms with van der Waals surface area (Å²) in [5.41, 5.74) is 7.83. The second-order valence-electron chi connectivity index (χ2n) is 6.34. The summed E-state index contributed by atoms with van der Waals surface area (Å²) in [5.74, 6) is 0. The third-order valence-corrected chi connectivity index (χ3v) is 4.58. The van der Waals surface area contributed by atoms with E-state index in [4.69, 9.17) is 5.73 Å². The van der Waals surface area contributed by atoms with E-state index in [2.05, 4.69) is 5.32 Å². The van der Waals surface area contributed by atoms with Crippen molar-refractivity contribution in [2.75, 3.05) is 5.73 Å². The molecule has 0 heterocycles. The van der Waals surface area contributed by atoms with Crippen LogP contribution in [-0.2, 0) is 6.54 Å². The lowest BCUT2D eigenvalue weighted by atomic mass is 9.96. The van der Waals surface area contributed by atoms with Crippen molar-refractivity contribution in [1.82, 2.24) is 10.2 Å². The van der Waals surface area contributed by atoms with Gasteiger partial charge in [-0.15, -0.1) is 0 Å². The van der Waals surface area contributed by atoms with Crippen LogP contribution in [0.15, 0.2) is 24.3 Å². The molecular weight excluding hydrogens is 262 g/mol. The van der Waals surface area contributed by atoms with E-state index >= 15 is 0 Å². The van der Waals surface area contributed by atoms with Gasteiger partial charge < -0.3 is 16.0 Å². The summed E-state index contributed by atoms with van der Waals surface area (Å²) < 4.78 is 0. The standard InChI is InChI=1S/C17H25N3O/c18-16-9-5-4-6-13(16)12-20(15-10-11-15)17(21)19-14-7-2-1-3-8-14/h4-6,9,14-15H,1-3,7-8,10-12,18H2,(H,19,21). The van der Waals surface area contributed by atoms with E-state index in [0.29, 0.717) is 18.6 Å². The number of para-hydroxylation sites is 1. The highest BCUT2D eigenvalue weighted by Gasteiger charge is 2.33. The minimum atomic E-state index is 0.0904. The van der Waals surface area contributed by atoms with Crippen LogP contribution in [0.25, 0.3) is 0 Å². The van der Waals surface area contributed by atoms with E-state index < -0.39 is 0 Å². The van der Waals surface area contributed by atoms with Crippen LogP contribution in [0.1, 0.15) is 50.5 Å². The Balaban J connectivity index is 1.63. The zero-order valence-corrected chi connectivity index (χ0v) is 12.6. The second-order valence-corrected chi connectivity index (χ2v) is 6.34. The Morgan fingerprint density at radius 1 is 1.14 bits per heavy atom. The average molecular weight is 287 g/mol. The topological polar surface area (TPSA) is 58.4 Å². The molecular formula is C17H25N3O. The number of amides is 2. The van der Waals surface area contributed by atoms with Gasteiger partial charge in [-0.1, -0.05) is 37.5 Å². The van der Waals surface area contributed by atoms with Crippen molar-refractivity contribution < 1.29 is 4.79 Å². The van der Waals surface area contributed by atoms with Gasteiger partial charge in [0.1, 0.15) is 0 Å². The number of nitrogens with one attached hydrogen (secondary N) is 1. The molecule has 0 bridgehead atoms. The number of rotatable bonds is 4. The van der Waals surface area contributed by atoms with Crippen LogP contribution in [0.3, 0.4) is 0 Å². The Hall–Kier alpha value is -1.71. The lowest BCUT2D eigenvalue weighted by Gasteiger charge is -2.28. The Morgan fingerprint density at radius 3 is 2.52 bits per heavy atom. The van der Waals surface area contributed by atoms with E-state index in [1.807, 2.05) is 29.2 Å². The Kier molecular flexibility index (Phi) is 4.32. The lowest BCUT2D eigenvalue weighted by molar-refractivity contribution is 0.184. The molecule has 114 valence electrons. The molecule has 0 radical (unpaired) electrons. The summed E-state index contributed by atoms with van der Waals surface area (Å²) in [6.45, 7) is 0.621. The number of anilines is 1. The Labute approximate surface area is 126 Å². The number of hydrogen-bond donors (Lipinski definition) is 2. The number of urea groups is 1. The molecule has 3 N–H and O–H groups in total. The van der Waals surface area contributed by atoms with Gasteiger partial charge in [0, 0.05) is 24.3 Å². The third-order valence-electron chi connectivity index (χ3n) is 4.58. The third kappa shape index (κ3) is 3.69. The highest BCUT2D eigenvalue weighted by molar-refractivity contribution is 5.75. The first kappa shape index (κ1) is 14.2. The predicted octanol–water partition coefficient (Wildman–Crippen LogP) is 3.28. The van der Waals surface area contributed by atoms with E-state index in [1.54, 1.807) is 0 Å². The Morgan fingerprint density at radius 2 is 1.86 bits per heavy atom. The smallest absolute Gasteiger partial charge is 0.318 e. The molecule has 2 aliphatic rings. The molecule has 1 aromatic rings. The minimum Gasteiger partial charge on any atom is -0.398 e. The SMILES string of the molecule is Nc1ccccc1CN(C(=O)NC1CCCCC1)C1CC1. The summed E-state index contributed by atoms with van der Waals surface area (Å²) in [5, 5.41) is 3.23. The van der Waals surface area contributed by atoms with E-state index in [0.717, 1.165) is 36.9 Å². The molecule has 2 amide bonds. The largest absolute Gasteiger partial charge is 0.398 e. The molecule has 0 aliphatic heterocycles. The molecule has 4 nitrogen and oxygen atoms in total. The first-order chi connectivity index (χ1) is 10.2. The van der Waals surface area contributed by atoms with Gasteiger partial charge >= 0.3 is 6.03 Å². The fourth-order valence-corrected chi connectivity index (χ4v) is 3.12. The lowest BCUT2D eigenvalue weighted by Crippen LogP contribution is -2.46. The molecule has 2 aliphatic carbocycles. The Bertz CT molecular complexity index is 493. The van der Waals surface area contributed by atoms with Crippen LogP contribution in [-0.4, -0.2) is 23.0 Å². The number of nitrogens with zero attached hydrogens (tertiary/aromatic N) is 1. The molecule has 0 atom stereocenters. The second kappa shape index (κ2) is 6.37. The maximum absolute atomic E-state index is 12.6. The van der Waals surface area contributed by atoms with Crippen LogP contribution in [0.4, 0.5) is 10.5 Å². The zero-order chi connectivity index (χ0) is 14.7. The number of carbonyl (C=O) groups excluding carboxylic acids is 1. The van der Waals surface area contributed by atoms with E-state index in [1.165, 1.54) is 19.3 Å². The van der Waals surface area contributed by atoms with Gasteiger partial charge in [0.05, 0.1) is 0 Å². The highest BCUT2D eigenvalue weighted by Crippen LogP contribution is 2.30. The molecule has 1 aromatic carbocycles. The van der Waals surface area contributed by atoms with Crippen molar-refractivity contribution in [2.45, 2.75) is 63.6 Å². The van der Waals surface area contributed by atoms with Gasteiger partial charge in [-0.05, 0) is 37.3 Å². The van der Waals surface area contributed by atoms with Crippen molar-refractivity contribution in [1.29, 1.82) is 0 Å².